The molecule has 0 saturated carbocycles. The highest BCUT2D eigenvalue weighted by atomic mass is 79.9. The molecule has 0 fully saturated rings. The number of benzene rings is 2. The van der Waals surface area contributed by atoms with Crippen LogP contribution in [0.4, 0.5) is 0 Å². The molecule has 2 aromatic rings. The molecule has 0 aromatic heterocycles. The maximum Gasteiger partial charge on any atom is 0.0454 e. The zero-order valence-electron chi connectivity index (χ0n) is 10.7. The lowest BCUT2D eigenvalue weighted by molar-refractivity contribution is 0.611. The van der Waals surface area contributed by atoms with Crippen molar-refractivity contribution < 1.29 is 0 Å². The van der Waals surface area contributed by atoms with Crippen molar-refractivity contribution in [1.29, 1.82) is 0 Å². The van der Waals surface area contributed by atoms with E-state index < -0.39 is 0 Å². The Labute approximate surface area is 127 Å². The van der Waals surface area contributed by atoms with E-state index in [2.05, 4.69) is 40.2 Å². The van der Waals surface area contributed by atoms with Gasteiger partial charge < -0.3 is 5.73 Å². The van der Waals surface area contributed by atoms with Gasteiger partial charge in [-0.15, -0.1) is 0 Å². The molecule has 3 heteroatoms. The van der Waals surface area contributed by atoms with Gasteiger partial charge in [-0.3, -0.25) is 0 Å². The quantitative estimate of drug-likeness (QED) is 0.804. The minimum absolute atomic E-state index is 0.00582. The van der Waals surface area contributed by atoms with Gasteiger partial charge in [0.25, 0.3) is 0 Å². The van der Waals surface area contributed by atoms with E-state index in [0.29, 0.717) is 0 Å². The van der Waals surface area contributed by atoms with Gasteiger partial charge in [0, 0.05) is 15.5 Å². The van der Waals surface area contributed by atoms with Crippen LogP contribution in [0.3, 0.4) is 0 Å². The summed E-state index contributed by atoms with van der Waals surface area (Å²) in [4.78, 5) is 0. The lowest BCUT2D eigenvalue weighted by atomic mass is 10.00. The molecule has 0 spiro atoms. The monoisotopic (exact) mass is 337 g/mol. The summed E-state index contributed by atoms with van der Waals surface area (Å²) in [6.07, 6.45) is 3.05. The summed E-state index contributed by atoms with van der Waals surface area (Å²) in [6, 6.07) is 16.3. The molecule has 0 amide bonds. The second-order valence-electron chi connectivity index (χ2n) is 4.65. The minimum Gasteiger partial charge on any atom is -0.324 e. The van der Waals surface area contributed by atoms with Crippen LogP contribution < -0.4 is 5.73 Å². The van der Waals surface area contributed by atoms with Crippen LogP contribution in [0.25, 0.3) is 0 Å². The Balaban J connectivity index is 1.91. The van der Waals surface area contributed by atoms with E-state index in [1.54, 1.807) is 0 Å². The molecule has 0 saturated heterocycles. The first-order chi connectivity index (χ1) is 9.16. The SMILES string of the molecule is NC(CCCc1ccccc1)c1cc(Br)ccc1Cl. The predicted molar refractivity (Wildman–Crippen MR) is 85.5 cm³/mol. The van der Waals surface area contributed by atoms with Crippen LogP contribution in [0.15, 0.2) is 53.0 Å². The topological polar surface area (TPSA) is 26.0 Å². The molecule has 2 rings (SSSR count). The standard InChI is InChI=1S/C16H17BrClN/c17-13-9-10-15(18)14(11-13)16(19)8-4-7-12-5-2-1-3-6-12/h1-3,5-6,9-11,16H,4,7-8,19H2. The van der Waals surface area contributed by atoms with E-state index >= 15 is 0 Å². The van der Waals surface area contributed by atoms with Crippen molar-refractivity contribution in [2.75, 3.05) is 0 Å². The Morgan fingerprint density at radius 1 is 1.11 bits per heavy atom. The van der Waals surface area contributed by atoms with Crippen molar-refractivity contribution in [3.63, 3.8) is 0 Å². The van der Waals surface area contributed by atoms with E-state index in [0.717, 1.165) is 34.3 Å². The zero-order valence-corrected chi connectivity index (χ0v) is 13.0. The Kier molecular flexibility index (Phi) is 5.44. The molecular weight excluding hydrogens is 322 g/mol. The van der Waals surface area contributed by atoms with Gasteiger partial charge in [-0.2, -0.15) is 0 Å². The summed E-state index contributed by atoms with van der Waals surface area (Å²) in [5.41, 5.74) is 8.60. The summed E-state index contributed by atoms with van der Waals surface area (Å²) in [5.74, 6) is 0. The average molecular weight is 339 g/mol. The number of hydrogen-bond acceptors (Lipinski definition) is 1. The fourth-order valence-electron chi connectivity index (χ4n) is 2.13. The lowest BCUT2D eigenvalue weighted by Crippen LogP contribution is -2.11. The molecule has 100 valence electrons. The van der Waals surface area contributed by atoms with Crippen LogP contribution in [0, 0.1) is 0 Å². The normalized spacial score (nSPS) is 12.4. The van der Waals surface area contributed by atoms with Crippen molar-refractivity contribution in [1.82, 2.24) is 0 Å². The van der Waals surface area contributed by atoms with Gasteiger partial charge in [0.05, 0.1) is 0 Å². The summed E-state index contributed by atoms with van der Waals surface area (Å²) in [6.45, 7) is 0. The average Bonchev–Trinajstić information content (AvgIpc) is 2.42. The van der Waals surface area contributed by atoms with Gasteiger partial charge >= 0.3 is 0 Å². The highest BCUT2D eigenvalue weighted by Gasteiger charge is 2.10. The van der Waals surface area contributed by atoms with Crippen LogP contribution in [0.2, 0.25) is 5.02 Å². The van der Waals surface area contributed by atoms with Gasteiger partial charge in [-0.1, -0.05) is 57.9 Å². The molecule has 2 aromatic carbocycles. The van der Waals surface area contributed by atoms with E-state index in [9.17, 15) is 0 Å². The summed E-state index contributed by atoms with van der Waals surface area (Å²) in [5, 5.41) is 0.746. The van der Waals surface area contributed by atoms with Crippen molar-refractivity contribution in [2.45, 2.75) is 25.3 Å². The molecule has 1 unspecified atom stereocenters. The molecule has 1 nitrogen and oxygen atoms in total. The third-order valence-corrected chi connectivity index (χ3v) is 4.02. The molecule has 1 atom stereocenters. The first-order valence-corrected chi connectivity index (χ1v) is 7.58. The molecule has 19 heavy (non-hydrogen) atoms. The predicted octanol–water partition coefficient (Wildman–Crippen LogP) is 5.13. The van der Waals surface area contributed by atoms with Crippen molar-refractivity contribution in [3.05, 3.63) is 69.2 Å². The molecule has 0 aliphatic carbocycles. The van der Waals surface area contributed by atoms with E-state index in [-0.39, 0.29) is 6.04 Å². The van der Waals surface area contributed by atoms with Gasteiger partial charge in [0.15, 0.2) is 0 Å². The molecule has 0 aliphatic rings. The van der Waals surface area contributed by atoms with Gasteiger partial charge in [-0.05, 0) is 48.6 Å². The van der Waals surface area contributed by atoms with Crippen molar-refractivity contribution >= 4 is 27.5 Å². The molecule has 0 radical (unpaired) electrons. The number of nitrogens with two attached hydrogens (primary N) is 1. The first-order valence-electron chi connectivity index (χ1n) is 6.41. The molecule has 0 heterocycles. The van der Waals surface area contributed by atoms with Gasteiger partial charge in [0.2, 0.25) is 0 Å². The number of rotatable bonds is 5. The van der Waals surface area contributed by atoms with Crippen LogP contribution in [0.5, 0.6) is 0 Å². The van der Waals surface area contributed by atoms with Gasteiger partial charge in [0.1, 0.15) is 0 Å². The Morgan fingerprint density at radius 2 is 1.84 bits per heavy atom. The minimum atomic E-state index is -0.00582. The third-order valence-electron chi connectivity index (χ3n) is 3.18. The Bertz CT molecular complexity index is 528. The molecular formula is C16H17BrClN. The Morgan fingerprint density at radius 3 is 2.58 bits per heavy atom. The van der Waals surface area contributed by atoms with Crippen molar-refractivity contribution in [2.24, 2.45) is 5.73 Å². The third kappa shape index (κ3) is 4.34. The van der Waals surface area contributed by atoms with Crippen LogP contribution >= 0.6 is 27.5 Å². The Hall–Kier alpha value is -0.830. The first kappa shape index (κ1) is 14.6. The maximum absolute atomic E-state index is 6.22. The summed E-state index contributed by atoms with van der Waals surface area (Å²) < 4.78 is 1.02. The second kappa shape index (κ2) is 7.09. The largest absolute Gasteiger partial charge is 0.324 e. The van der Waals surface area contributed by atoms with Gasteiger partial charge in [-0.25, -0.2) is 0 Å². The molecule has 0 aliphatic heterocycles. The van der Waals surface area contributed by atoms with Crippen LogP contribution in [0.1, 0.15) is 30.0 Å². The zero-order chi connectivity index (χ0) is 13.7. The van der Waals surface area contributed by atoms with Crippen LogP contribution in [-0.2, 0) is 6.42 Å². The number of halogens is 2. The second-order valence-corrected chi connectivity index (χ2v) is 5.97. The lowest BCUT2D eigenvalue weighted by Gasteiger charge is -2.14. The fourth-order valence-corrected chi connectivity index (χ4v) is 2.76. The smallest absolute Gasteiger partial charge is 0.0454 e. The highest BCUT2D eigenvalue weighted by molar-refractivity contribution is 9.10. The number of hydrogen-bond donors (Lipinski definition) is 1. The van der Waals surface area contributed by atoms with E-state index in [1.165, 1.54) is 5.56 Å². The van der Waals surface area contributed by atoms with Crippen LogP contribution in [-0.4, -0.2) is 0 Å². The fraction of sp³-hybridized carbons (Fsp3) is 0.250. The molecule has 0 bridgehead atoms. The van der Waals surface area contributed by atoms with E-state index in [1.807, 2.05) is 24.3 Å². The summed E-state index contributed by atoms with van der Waals surface area (Å²) >= 11 is 9.64. The molecule has 2 N–H and O–H groups in total. The highest BCUT2D eigenvalue weighted by Crippen LogP contribution is 2.28. The van der Waals surface area contributed by atoms with Crippen molar-refractivity contribution in [3.8, 4) is 0 Å². The number of aryl methyl sites for hydroxylation is 1. The summed E-state index contributed by atoms with van der Waals surface area (Å²) in [7, 11) is 0. The maximum atomic E-state index is 6.22. The van der Waals surface area contributed by atoms with E-state index in [4.69, 9.17) is 17.3 Å².